The highest BCUT2D eigenvalue weighted by atomic mass is 32.2. The number of nitrogens with one attached hydrogen (secondary N) is 1. The highest BCUT2D eigenvalue weighted by molar-refractivity contribution is 7.89. The number of sulfonamides is 1. The smallest absolute Gasteiger partial charge is 0.330 e. The van der Waals surface area contributed by atoms with Crippen LogP contribution in [-0.2, 0) is 16.6 Å². The van der Waals surface area contributed by atoms with Crippen LogP contribution in [0.4, 0.5) is 11.5 Å². The molecule has 0 bridgehead atoms. The van der Waals surface area contributed by atoms with Gasteiger partial charge in [0, 0.05) is 33.7 Å². The zero-order valence-electron chi connectivity index (χ0n) is 17.0. The predicted octanol–water partition coefficient (Wildman–Crippen LogP) is 0.663. The Kier molecular flexibility index (Phi) is 8.55. The van der Waals surface area contributed by atoms with Crippen molar-refractivity contribution in [2.45, 2.75) is 46.6 Å². The van der Waals surface area contributed by atoms with Gasteiger partial charge in [0.15, 0.2) is 0 Å². The molecule has 0 saturated heterocycles. The van der Waals surface area contributed by atoms with Gasteiger partial charge >= 0.3 is 5.69 Å². The Morgan fingerprint density at radius 1 is 1.19 bits per heavy atom. The third-order valence-corrected chi connectivity index (χ3v) is 6.16. The first-order valence-corrected chi connectivity index (χ1v) is 10.9. The lowest BCUT2D eigenvalue weighted by atomic mass is 10.2. The molecule has 0 spiro atoms. The van der Waals surface area contributed by atoms with Crippen molar-refractivity contribution < 1.29 is 8.42 Å². The summed E-state index contributed by atoms with van der Waals surface area (Å²) in [6, 6.07) is 0. The average molecular weight is 404 g/mol. The van der Waals surface area contributed by atoms with Gasteiger partial charge in [-0.05, 0) is 18.8 Å². The second kappa shape index (κ2) is 9.93. The Hall–Kier alpha value is -1.81. The quantitative estimate of drug-likeness (QED) is 0.560. The largest absolute Gasteiger partial charge is 0.383 e. The summed E-state index contributed by atoms with van der Waals surface area (Å²) in [6.07, 6.45) is 2.00. The van der Waals surface area contributed by atoms with Crippen LogP contribution in [0.2, 0.25) is 0 Å². The molecule has 0 saturated carbocycles. The van der Waals surface area contributed by atoms with Crippen LogP contribution in [0.15, 0.2) is 9.59 Å². The van der Waals surface area contributed by atoms with Crippen LogP contribution in [0.1, 0.15) is 40.0 Å². The van der Waals surface area contributed by atoms with Crippen molar-refractivity contribution in [3.8, 4) is 0 Å². The fraction of sp³-hybridized carbons (Fsp3) is 0.765. The van der Waals surface area contributed by atoms with Gasteiger partial charge in [-0.1, -0.05) is 27.2 Å². The molecule has 0 atom stereocenters. The van der Waals surface area contributed by atoms with E-state index < -0.39 is 21.3 Å². The van der Waals surface area contributed by atoms with Crippen molar-refractivity contribution in [2.75, 3.05) is 43.6 Å². The minimum atomic E-state index is -3.32. The van der Waals surface area contributed by atoms with Gasteiger partial charge in [0.25, 0.3) is 5.56 Å². The van der Waals surface area contributed by atoms with Gasteiger partial charge in [0.2, 0.25) is 10.0 Å². The lowest BCUT2D eigenvalue weighted by Crippen LogP contribution is -2.40. The van der Waals surface area contributed by atoms with Gasteiger partial charge in [0.1, 0.15) is 11.5 Å². The molecule has 3 N–H and O–H groups in total. The van der Waals surface area contributed by atoms with E-state index >= 15 is 0 Å². The third kappa shape index (κ3) is 6.39. The number of H-pyrrole nitrogens is 1. The third-order valence-electron chi connectivity index (χ3n) is 4.24. The molecule has 9 nitrogen and oxygen atoms in total. The number of aromatic amines is 1. The van der Waals surface area contributed by atoms with E-state index in [2.05, 4.69) is 4.98 Å². The first-order chi connectivity index (χ1) is 12.5. The monoisotopic (exact) mass is 403 g/mol. The van der Waals surface area contributed by atoms with Crippen LogP contribution in [0.5, 0.6) is 0 Å². The summed E-state index contributed by atoms with van der Waals surface area (Å²) in [6.45, 7) is 7.31. The highest BCUT2D eigenvalue weighted by Gasteiger charge is 2.21. The fourth-order valence-electron chi connectivity index (χ4n) is 2.78. The van der Waals surface area contributed by atoms with E-state index in [4.69, 9.17) is 5.73 Å². The van der Waals surface area contributed by atoms with Crippen molar-refractivity contribution in [3.05, 3.63) is 20.8 Å². The number of aromatic nitrogens is 2. The van der Waals surface area contributed by atoms with E-state index in [9.17, 15) is 18.0 Å². The molecule has 0 aromatic carbocycles. The Labute approximate surface area is 161 Å². The zero-order valence-corrected chi connectivity index (χ0v) is 17.8. The molecule has 1 aromatic heterocycles. The van der Waals surface area contributed by atoms with Crippen LogP contribution < -0.4 is 21.9 Å². The van der Waals surface area contributed by atoms with Gasteiger partial charge in [-0.25, -0.2) is 17.5 Å². The molecule has 0 unspecified atom stereocenters. The highest BCUT2D eigenvalue weighted by Crippen LogP contribution is 2.19. The maximum Gasteiger partial charge on any atom is 0.330 e. The molecule has 0 radical (unpaired) electrons. The molecule has 0 amide bonds. The van der Waals surface area contributed by atoms with Gasteiger partial charge < -0.3 is 10.6 Å². The van der Waals surface area contributed by atoms with Crippen molar-refractivity contribution >= 4 is 21.5 Å². The van der Waals surface area contributed by atoms with Crippen LogP contribution in [0, 0.1) is 5.92 Å². The lowest BCUT2D eigenvalue weighted by molar-refractivity contribution is 0.517. The van der Waals surface area contributed by atoms with Gasteiger partial charge in [-0.15, -0.1) is 0 Å². The zero-order chi connectivity index (χ0) is 20.8. The topological polar surface area (TPSA) is 121 Å². The summed E-state index contributed by atoms with van der Waals surface area (Å²) in [5.74, 6) is 0.334. The van der Waals surface area contributed by atoms with Gasteiger partial charge in [0.05, 0.1) is 5.75 Å². The summed E-state index contributed by atoms with van der Waals surface area (Å²) < 4.78 is 26.5. The number of rotatable bonds is 11. The molecule has 1 aromatic rings. The van der Waals surface area contributed by atoms with E-state index in [1.165, 1.54) is 23.0 Å². The van der Waals surface area contributed by atoms with Crippen LogP contribution in [0.3, 0.4) is 0 Å². The van der Waals surface area contributed by atoms with E-state index in [0.29, 0.717) is 26.1 Å². The fourth-order valence-corrected chi connectivity index (χ4v) is 3.64. The van der Waals surface area contributed by atoms with Crippen molar-refractivity contribution in [1.29, 1.82) is 0 Å². The SMILES string of the molecule is CCCCn1c(N)c(N(CCCS(=O)(=O)N(C)C)CC(C)C)c(=O)[nH]c1=O. The normalized spacial score (nSPS) is 12.1. The summed E-state index contributed by atoms with van der Waals surface area (Å²) in [5, 5.41) is 0. The lowest BCUT2D eigenvalue weighted by Gasteiger charge is -2.28. The minimum Gasteiger partial charge on any atom is -0.383 e. The molecule has 27 heavy (non-hydrogen) atoms. The first-order valence-electron chi connectivity index (χ1n) is 9.29. The van der Waals surface area contributed by atoms with E-state index in [1.807, 2.05) is 20.8 Å². The standard InChI is InChI=1S/C17H33N5O4S/c1-6-7-10-22-15(18)14(16(23)19-17(22)24)21(12-13(2)3)9-8-11-27(25,26)20(4)5/h13H,6-12,18H2,1-5H3,(H,19,23,24). The molecule has 156 valence electrons. The summed E-state index contributed by atoms with van der Waals surface area (Å²) in [5.41, 5.74) is 5.36. The molecule has 10 heteroatoms. The second-order valence-electron chi connectivity index (χ2n) is 7.29. The number of anilines is 2. The molecule has 0 aliphatic carbocycles. The van der Waals surface area contributed by atoms with Gasteiger partial charge in [-0.3, -0.25) is 14.3 Å². The van der Waals surface area contributed by atoms with E-state index in [0.717, 1.165) is 12.8 Å². The number of nitrogen functional groups attached to an aromatic ring is 1. The number of hydrogen-bond donors (Lipinski definition) is 2. The van der Waals surface area contributed by atoms with Crippen LogP contribution >= 0.6 is 0 Å². The Morgan fingerprint density at radius 3 is 2.33 bits per heavy atom. The number of nitrogens with zero attached hydrogens (tertiary/aromatic N) is 3. The summed E-state index contributed by atoms with van der Waals surface area (Å²) in [7, 11) is -0.330. The van der Waals surface area contributed by atoms with Crippen molar-refractivity contribution in [3.63, 3.8) is 0 Å². The van der Waals surface area contributed by atoms with E-state index in [1.54, 1.807) is 4.90 Å². The number of unbranched alkanes of at least 4 members (excludes halogenated alkanes) is 1. The number of hydrogen-bond acceptors (Lipinski definition) is 6. The van der Waals surface area contributed by atoms with Crippen molar-refractivity contribution in [2.24, 2.45) is 5.92 Å². The van der Waals surface area contributed by atoms with Gasteiger partial charge in [-0.2, -0.15) is 0 Å². The Bertz CT molecular complexity index is 827. The molecule has 0 aliphatic heterocycles. The van der Waals surface area contributed by atoms with Crippen LogP contribution in [0.25, 0.3) is 0 Å². The summed E-state index contributed by atoms with van der Waals surface area (Å²) >= 11 is 0. The summed E-state index contributed by atoms with van der Waals surface area (Å²) in [4.78, 5) is 28.7. The molecule has 1 rings (SSSR count). The second-order valence-corrected chi connectivity index (χ2v) is 9.59. The predicted molar refractivity (Wildman–Crippen MR) is 110 cm³/mol. The molecule has 0 aliphatic rings. The Morgan fingerprint density at radius 2 is 1.81 bits per heavy atom. The number of nitrogens with two attached hydrogens (primary N) is 1. The molecular formula is C17H33N5O4S. The van der Waals surface area contributed by atoms with Crippen LogP contribution in [-0.4, -0.2) is 55.2 Å². The molecule has 1 heterocycles. The minimum absolute atomic E-state index is 0.0259. The average Bonchev–Trinajstić information content (AvgIpc) is 2.53. The maximum atomic E-state index is 12.5. The van der Waals surface area contributed by atoms with E-state index in [-0.39, 0.29) is 23.2 Å². The molecule has 0 fully saturated rings. The Balaban J connectivity index is 3.20. The first kappa shape index (κ1) is 23.2. The molecular weight excluding hydrogens is 370 g/mol. The maximum absolute atomic E-state index is 12.5. The van der Waals surface area contributed by atoms with Crippen molar-refractivity contribution in [1.82, 2.24) is 13.9 Å².